The van der Waals surface area contributed by atoms with Crippen LogP contribution in [-0.4, -0.2) is 99.6 Å². The van der Waals surface area contributed by atoms with E-state index in [0.717, 1.165) is 0 Å². The van der Waals surface area contributed by atoms with Gasteiger partial charge in [-0.25, -0.2) is 4.79 Å². The fourth-order valence-electron chi connectivity index (χ4n) is 2.75. The lowest BCUT2D eigenvalue weighted by molar-refractivity contribution is -0.143. The molecule has 204 valence electrons. The molecule has 0 saturated carbocycles. The van der Waals surface area contributed by atoms with Crippen LogP contribution in [0, 0.1) is 0 Å². The number of nitrogens with two attached hydrogens (primary N) is 3. The average Bonchev–Trinajstić information content (AvgIpc) is 2.76. The van der Waals surface area contributed by atoms with E-state index in [0.29, 0.717) is 5.75 Å². The second-order valence-corrected chi connectivity index (χ2v) is 8.54. The Kier molecular flexibility index (Phi) is 15.2. The Morgan fingerprint density at radius 3 is 1.83 bits per heavy atom. The van der Waals surface area contributed by atoms with Crippen molar-refractivity contribution in [2.75, 3.05) is 18.6 Å². The van der Waals surface area contributed by atoms with E-state index in [1.807, 2.05) is 0 Å². The number of carboxylic acid groups (broad SMARTS) is 3. The molecule has 0 aromatic heterocycles. The van der Waals surface area contributed by atoms with Gasteiger partial charge in [0, 0.05) is 6.54 Å². The Labute approximate surface area is 210 Å². The van der Waals surface area contributed by atoms with Crippen LogP contribution in [0.3, 0.4) is 0 Å². The Balaban J connectivity index is 5.63. The van der Waals surface area contributed by atoms with Crippen LogP contribution in [0.15, 0.2) is 4.99 Å². The molecule has 0 heterocycles. The fourth-order valence-corrected chi connectivity index (χ4v) is 3.22. The van der Waals surface area contributed by atoms with Crippen LogP contribution < -0.4 is 33.2 Å². The number of hydrogen-bond acceptors (Lipinski definition) is 9. The van der Waals surface area contributed by atoms with E-state index < -0.39 is 72.6 Å². The summed E-state index contributed by atoms with van der Waals surface area (Å²) in [6.07, 6.45) is 0.317. The largest absolute Gasteiger partial charge is 0.481 e. The quantitative estimate of drug-likeness (QED) is 0.0470. The molecule has 36 heavy (non-hydrogen) atoms. The lowest BCUT2D eigenvalue weighted by atomic mass is 10.1. The van der Waals surface area contributed by atoms with Gasteiger partial charge < -0.3 is 48.5 Å². The van der Waals surface area contributed by atoms with Crippen molar-refractivity contribution < 1.29 is 44.1 Å². The molecule has 0 radical (unpaired) electrons. The van der Waals surface area contributed by atoms with E-state index >= 15 is 0 Å². The number of guanidine groups is 1. The first-order chi connectivity index (χ1) is 16.8. The molecular weight excluding hydrogens is 502 g/mol. The van der Waals surface area contributed by atoms with Crippen LogP contribution in [0.1, 0.15) is 32.1 Å². The zero-order valence-corrected chi connectivity index (χ0v) is 20.5. The second-order valence-electron chi connectivity index (χ2n) is 7.55. The molecule has 4 atom stereocenters. The number of nitrogens with zero attached hydrogens (tertiary/aromatic N) is 1. The smallest absolute Gasteiger partial charge is 0.326 e. The van der Waals surface area contributed by atoms with Crippen LogP contribution in [0.5, 0.6) is 0 Å². The van der Waals surface area contributed by atoms with Crippen molar-refractivity contribution in [3.05, 3.63) is 0 Å². The van der Waals surface area contributed by atoms with Gasteiger partial charge in [0.2, 0.25) is 17.7 Å². The number of rotatable bonds is 18. The van der Waals surface area contributed by atoms with Gasteiger partial charge in [-0.05, 0) is 31.3 Å². The number of nitrogens with one attached hydrogen (secondary N) is 3. The normalized spacial score (nSPS) is 13.8. The Hall–Kier alpha value is -3.60. The average molecular weight is 536 g/mol. The SMILES string of the molecule is CSCCC(NC(=O)C(CCCN=C(N)N)NC(=O)C(CC(=O)O)NC(=O)C(N)CC(=O)O)C(=O)O. The van der Waals surface area contributed by atoms with Crippen LogP contribution in [-0.2, 0) is 28.8 Å². The van der Waals surface area contributed by atoms with E-state index in [4.69, 9.17) is 27.4 Å². The Bertz CT molecular complexity index is 836. The summed E-state index contributed by atoms with van der Waals surface area (Å²) in [5.74, 6) is -6.94. The molecule has 0 saturated heterocycles. The minimum Gasteiger partial charge on any atom is -0.481 e. The molecule has 0 fully saturated rings. The van der Waals surface area contributed by atoms with E-state index in [-0.39, 0.29) is 31.8 Å². The van der Waals surface area contributed by atoms with Crippen LogP contribution in [0.4, 0.5) is 0 Å². The molecule has 0 bridgehead atoms. The first kappa shape index (κ1) is 32.4. The van der Waals surface area contributed by atoms with Crippen molar-refractivity contribution in [1.82, 2.24) is 16.0 Å². The predicted molar refractivity (Wildman–Crippen MR) is 129 cm³/mol. The zero-order chi connectivity index (χ0) is 27.8. The van der Waals surface area contributed by atoms with Crippen molar-refractivity contribution in [2.24, 2.45) is 22.2 Å². The molecule has 12 N–H and O–H groups in total. The number of aliphatic imine (C=N–C) groups is 1. The van der Waals surface area contributed by atoms with E-state index in [2.05, 4.69) is 20.9 Å². The van der Waals surface area contributed by atoms with Gasteiger partial charge in [0.05, 0.1) is 18.9 Å². The second kappa shape index (κ2) is 16.9. The molecule has 0 spiro atoms. The van der Waals surface area contributed by atoms with Crippen molar-refractivity contribution in [2.45, 2.75) is 56.3 Å². The first-order valence-electron chi connectivity index (χ1n) is 10.7. The summed E-state index contributed by atoms with van der Waals surface area (Å²) in [6.45, 7) is 0.0795. The van der Waals surface area contributed by atoms with Gasteiger partial charge in [-0.1, -0.05) is 0 Å². The van der Waals surface area contributed by atoms with Gasteiger partial charge in [-0.3, -0.25) is 29.0 Å². The standard InChI is InChI=1S/C19H33N7O9S/c1-36-6-4-11(18(34)35)25-16(32)10(3-2-5-23-19(21)22)24-17(33)12(8-14(29)30)26-15(31)9(20)7-13(27)28/h9-12H,2-8,20H2,1H3,(H,24,33)(H,25,32)(H,26,31)(H,27,28)(H,29,30)(H,34,35)(H4,21,22,23). The highest BCUT2D eigenvalue weighted by Gasteiger charge is 2.31. The summed E-state index contributed by atoms with van der Waals surface area (Å²) in [7, 11) is 0. The molecule has 0 rings (SSSR count). The number of thioether (sulfide) groups is 1. The molecule has 0 aliphatic heterocycles. The van der Waals surface area contributed by atoms with Crippen LogP contribution in [0.25, 0.3) is 0 Å². The summed E-state index contributed by atoms with van der Waals surface area (Å²) in [6, 6.07) is -5.83. The number of amides is 3. The van der Waals surface area contributed by atoms with Gasteiger partial charge in [0.25, 0.3) is 0 Å². The van der Waals surface area contributed by atoms with Gasteiger partial charge in [0.15, 0.2) is 5.96 Å². The Morgan fingerprint density at radius 2 is 1.33 bits per heavy atom. The molecule has 0 aromatic rings. The maximum atomic E-state index is 12.8. The molecule has 17 heteroatoms. The highest BCUT2D eigenvalue weighted by Crippen LogP contribution is 2.06. The third-order valence-electron chi connectivity index (χ3n) is 4.55. The number of carboxylic acids is 3. The number of aliphatic carboxylic acids is 3. The monoisotopic (exact) mass is 535 g/mol. The number of carbonyl (C=O) groups excluding carboxylic acids is 3. The summed E-state index contributed by atoms with van der Waals surface area (Å²) >= 11 is 1.37. The van der Waals surface area contributed by atoms with E-state index in [1.54, 1.807) is 6.26 Å². The van der Waals surface area contributed by atoms with E-state index in [1.165, 1.54) is 11.8 Å². The fraction of sp³-hybridized carbons (Fsp3) is 0.632. The molecule has 0 aliphatic rings. The third-order valence-corrected chi connectivity index (χ3v) is 5.19. The lowest BCUT2D eigenvalue weighted by Gasteiger charge is -2.24. The molecule has 0 aromatic carbocycles. The maximum Gasteiger partial charge on any atom is 0.326 e. The number of hydrogen-bond donors (Lipinski definition) is 9. The van der Waals surface area contributed by atoms with Crippen LogP contribution >= 0.6 is 11.8 Å². The highest BCUT2D eigenvalue weighted by molar-refractivity contribution is 7.98. The summed E-state index contributed by atoms with van der Waals surface area (Å²) in [5.41, 5.74) is 16.0. The van der Waals surface area contributed by atoms with Gasteiger partial charge in [0.1, 0.15) is 18.1 Å². The minimum atomic E-state index is -1.70. The first-order valence-corrected chi connectivity index (χ1v) is 12.0. The maximum absolute atomic E-state index is 12.8. The third kappa shape index (κ3) is 14.0. The van der Waals surface area contributed by atoms with E-state index in [9.17, 15) is 33.9 Å². The van der Waals surface area contributed by atoms with Crippen LogP contribution in [0.2, 0.25) is 0 Å². The van der Waals surface area contributed by atoms with Crippen molar-refractivity contribution in [1.29, 1.82) is 0 Å². The van der Waals surface area contributed by atoms with Crippen molar-refractivity contribution in [3.8, 4) is 0 Å². The summed E-state index contributed by atoms with van der Waals surface area (Å²) in [5, 5.41) is 33.9. The predicted octanol–water partition coefficient (Wildman–Crippen LogP) is -3.39. The minimum absolute atomic E-state index is 0.0600. The lowest BCUT2D eigenvalue weighted by Crippen LogP contribution is -2.57. The topological polar surface area (TPSA) is 290 Å². The summed E-state index contributed by atoms with van der Waals surface area (Å²) in [4.78, 5) is 75.0. The zero-order valence-electron chi connectivity index (χ0n) is 19.6. The number of carbonyl (C=O) groups is 6. The Morgan fingerprint density at radius 1 is 0.806 bits per heavy atom. The molecule has 0 aliphatic carbocycles. The summed E-state index contributed by atoms with van der Waals surface area (Å²) < 4.78 is 0. The molecule has 3 amide bonds. The van der Waals surface area contributed by atoms with Gasteiger partial charge >= 0.3 is 17.9 Å². The molecular formula is C19H33N7O9S. The van der Waals surface area contributed by atoms with Gasteiger partial charge in [-0.15, -0.1) is 0 Å². The highest BCUT2D eigenvalue weighted by atomic mass is 32.2. The van der Waals surface area contributed by atoms with Gasteiger partial charge in [-0.2, -0.15) is 11.8 Å². The molecule has 4 unspecified atom stereocenters. The molecule has 16 nitrogen and oxygen atoms in total. The van der Waals surface area contributed by atoms with Crippen molar-refractivity contribution in [3.63, 3.8) is 0 Å². The van der Waals surface area contributed by atoms with Crippen molar-refractivity contribution >= 4 is 53.4 Å².